The van der Waals surface area contributed by atoms with Gasteiger partial charge in [0.05, 0.1) is 28.1 Å². The highest BCUT2D eigenvalue weighted by Gasteiger charge is 2.33. The Morgan fingerprint density at radius 2 is 1.16 bits per heavy atom. The van der Waals surface area contributed by atoms with E-state index in [0.717, 1.165) is 22.5 Å². The number of fused-ring (bicyclic) bond motifs is 12. The zero-order valence-electron chi connectivity index (χ0n) is 27.4. The van der Waals surface area contributed by atoms with Crippen LogP contribution in [0, 0.1) is 0 Å². The summed E-state index contributed by atoms with van der Waals surface area (Å²) < 4.78 is 2.46. The SMILES string of the molecule is CC1(C)C=CN(c2ccccc2)c2cc3c(cc21)-c1ncccc1-c1ccccc1-c1c-3cccc1-n1c2ccccc2c2ccccc21. The molecule has 1 aliphatic heterocycles. The van der Waals surface area contributed by atoms with Crippen molar-refractivity contribution in [1.82, 2.24) is 9.55 Å². The first-order valence-electron chi connectivity index (χ1n) is 17.0. The molecule has 1 aliphatic carbocycles. The Morgan fingerprint density at radius 3 is 1.94 bits per heavy atom. The quantitative estimate of drug-likeness (QED) is 0.190. The number of para-hydroxylation sites is 3. The van der Waals surface area contributed by atoms with Gasteiger partial charge in [0.15, 0.2) is 0 Å². The fourth-order valence-corrected chi connectivity index (χ4v) is 8.16. The average molecular weight is 628 g/mol. The minimum Gasteiger partial charge on any atom is -0.317 e. The molecule has 3 heterocycles. The summed E-state index contributed by atoms with van der Waals surface area (Å²) in [6, 6.07) is 53.1. The minimum absolute atomic E-state index is 0.168. The van der Waals surface area contributed by atoms with Crippen LogP contribution in [0.4, 0.5) is 11.4 Å². The van der Waals surface area contributed by atoms with E-state index in [1.807, 2.05) is 6.20 Å². The van der Waals surface area contributed by atoms with E-state index in [0.29, 0.717) is 0 Å². The first kappa shape index (κ1) is 27.9. The van der Waals surface area contributed by atoms with Crippen molar-refractivity contribution in [3.8, 4) is 50.3 Å². The fraction of sp³-hybridized carbons (Fsp3) is 0.0652. The molecule has 0 bridgehead atoms. The number of hydrogen-bond donors (Lipinski definition) is 0. The third-order valence-electron chi connectivity index (χ3n) is 10.5. The highest BCUT2D eigenvalue weighted by molar-refractivity contribution is 6.11. The number of rotatable bonds is 2. The third kappa shape index (κ3) is 4.06. The maximum Gasteiger partial charge on any atom is 0.0786 e. The molecule has 232 valence electrons. The molecule has 10 rings (SSSR count). The number of anilines is 2. The molecule has 0 saturated heterocycles. The van der Waals surface area contributed by atoms with E-state index in [-0.39, 0.29) is 5.41 Å². The van der Waals surface area contributed by atoms with Gasteiger partial charge in [0.2, 0.25) is 0 Å². The largest absolute Gasteiger partial charge is 0.317 e. The van der Waals surface area contributed by atoms with E-state index >= 15 is 0 Å². The van der Waals surface area contributed by atoms with Crippen molar-refractivity contribution in [2.75, 3.05) is 4.90 Å². The van der Waals surface area contributed by atoms with Crippen molar-refractivity contribution in [3.63, 3.8) is 0 Å². The van der Waals surface area contributed by atoms with E-state index in [1.165, 1.54) is 66.6 Å². The average Bonchev–Trinajstić information content (AvgIpc) is 3.48. The van der Waals surface area contributed by atoms with Gasteiger partial charge in [0.1, 0.15) is 0 Å². The summed E-state index contributed by atoms with van der Waals surface area (Å²) >= 11 is 0. The standard InChI is InChI=1S/C46H33N3/c1-46(2)25-27-48(30-14-4-3-5-15-30)43-29-37-35-20-12-24-42(49-40-22-10-8-17-32(40)33-18-9-11-23-41(33)49)44(35)34-19-7-6-16-31(34)36-21-13-26-47-45(36)38(37)28-39(43)46/h3-29H,1-2H3. The predicted octanol–water partition coefficient (Wildman–Crippen LogP) is 12.1. The second kappa shape index (κ2) is 10.4. The normalized spacial score (nSPS) is 14.0. The van der Waals surface area contributed by atoms with Crippen molar-refractivity contribution < 1.29 is 0 Å². The molecular weight excluding hydrogens is 595 g/mol. The molecule has 3 nitrogen and oxygen atoms in total. The maximum atomic E-state index is 5.13. The van der Waals surface area contributed by atoms with Crippen molar-refractivity contribution in [1.29, 1.82) is 0 Å². The summed E-state index contributed by atoms with van der Waals surface area (Å²) in [4.78, 5) is 7.46. The summed E-state index contributed by atoms with van der Waals surface area (Å²) in [7, 11) is 0. The summed E-state index contributed by atoms with van der Waals surface area (Å²) in [6.07, 6.45) is 6.49. The first-order chi connectivity index (χ1) is 24.1. The number of allylic oxidation sites excluding steroid dienone is 1. The molecule has 3 heteroatoms. The number of nitrogens with zero attached hydrogens (tertiary/aromatic N) is 3. The molecule has 2 aromatic heterocycles. The Kier molecular flexibility index (Phi) is 5.92. The molecule has 0 unspecified atom stereocenters. The number of hydrogen-bond acceptors (Lipinski definition) is 2. The zero-order valence-corrected chi connectivity index (χ0v) is 27.4. The van der Waals surface area contributed by atoms with Crippen LogP contribution in [0.2, 0.25) is 0 Å². The topological polar surface area (TPSA) is 21.1 Å². The molecule has 0 N–H and O–H groups in total. The lowest BCUT2D eigenvalue weighted by molar-refractivity contribution is 0.659. The molecule has 6 aromatic carbocycles. The Morgan fingerprint density at radius 1 is 0.510 bits per heavy atom. The van der Waals surface area contributed by atoms with Crippen molar-refractivity contribution >= 4 is 33.2 Å². The second-order valence-electron chi connectivity index (χ2n) is 13.7. The first-order valence-corrected chi connectivity index (χ1v) is 17.0. The Balaban J connectivity index is 1.37. The fourth-order valence-electron chi connectivity index (χ4n) is 8.16. The van der Waals surface area contributed by atoms with E-state index in [4.69, 9.17) is 4.98 Å². The minimum atomic E-state index is -0.168. The van der Waals surface area contributed by atoms with Crippen molar-refractivity contribution in [2.24, 2.45) is 0 Å². The van der Waals surface area contributed by atoms with Gasteiger partial charge < -0.3 is 9.47 Å². The van der Waals surface area contributed by atoms with Crippen molar-refractivity contribution in [2.45, 2.75) is 19.3 Å². The van der Waals surface area contributed by atoms with Crippen LogP contribution in [0.3, 0.4) is 0 Å². The monoisotopic (exact) mass is 627 g/mol. The molecule has 0 saturated carbocycles. The Bertz CT molecular complexity index is 2590. The molecule has 0 radical (unpaired) electrons. The number of benzene rings is 6. The maximum absolute atomic E-state index is 5.13. The Labute approximate surface area is 286 Å². The van der Waals surface area contributed by atoms with Gasteiger partial charge in [-0.05, 0) is 76.3 Å². The molecule has 0 spiro atoms. The number of aromatic nitrogens is 2. The molecule has 8 aromatic rings. The molecule has 2 aliphatic rings. The van der Waals surface area contributed by atoms with Gasteiger partial charge in [-0.25, -0.2) is 0 Å². The molecule has 0 amide bonds. The van der Waals surface area contributed by atoms with Crippen LogP contribution < -0.4 is 4.90 Å². The second-order valence-corrected chi connectivity index (χ2v) is 13.7. The highest BCUT2D eigenvalue weighted by atomic mass is 15.1. The van der Waals surface area contributed by atoms with Gasteiger partial charge in [-0.15, -0.1) is 0 Å². The van der Waals surface area contributed by atoms with Crippen LogP contribution >= 0.6 is 0 Å². The molecule has 49 heavy (non-hydrogen) atoms. The van der Waals surface area contributed by atoms with Crippen molar-refractivity contribution in [3.05, 3.63) is 170 Å². The molecule has 0 fully saturated rings. The van der Waals surface area contributed by atoms with E-state index in [1.54, 1.807) is 0 Å². The van der Waals surface area contributed by atoms with Gasteiger partial charge in [-0.2, -0.15) is 0 Å². The van der Waals surface area contributed by atoms with Crippen LogP contribution in [-0.2, 0) is 5.41 Å². The number of pyridine rings is 1. The van der Waals surface area contributed by atoms with Crippen LogP contribution in [0.15, 0.2) is 164 Å². The molecular formula is C46H33N3. The summed E-state index contributed by atoms with van der Waals surface area (Å²) in [5.74, 6) is 0. The molecule has 0 atom stereocenters. The summed E-state index contributed by atoms with van der Waals surface area (Å²) in [5.41, 5.74) is 16.3. The highest BCUT2D eigenvalue weighted by Crippen LogP contribution is 2.53. The smallest absolute Gasteiger partial charge is 0.0786 e. The van der Waals surface area contributed by atoms with Crippen LogP contribution in [0.25, 0.3) is 72.1 Å². The van der Waals surface area contributed by atoms with E-state index < -0.39 is 0 Å². The zero-order chi connectivity index (χ0) is 32.7. The predicted molar refractivity (Wildman–Crippen MR) is 205 cm³/mol. The van der Waals surface area contributed by atoms with E-state index in [2.05, 4.69) is 181 Å². The van der Waals surface area contributed by atoms with Gasteiger partial charge in [0.25, 0.3) is 0 Å². The Hall–Kier alpha value is -6.19. The van der Waals surface area contributed by atoms with Gasteiger partial charge in [-0.1, -0.05) is 117 Å². The van der Waals surface area contributed by atoms with Crippen LogP contribution in [-0.4, -0.2) is 9.55 Å². The third-order valence-corrected chi connectivity index (χ3v) is 10.5. The van der Waals surface area contributed by atoms with Gasteiger partial charge >= 0.3 is 0 Å². The van der Waals surface area contributed by atoms with Crippen LogP contribution in [0.1, 0.15) is 19.4 Å². The summed E-state index contributed by atoms with van der Waals surface area (Å²) in [6.45, 7) is 4.62. The lowest BCUT2D eigenvalue weighted by Gasteiger charge is -2.37. The summed E-state index contributed by atoms with van der Waals surface area (Å²) in [5, 5.41) is 2.51. The van der Waals surface area contributed by atoms with Crippen LogP contribution in [0.5, 0.6) is 0 Å². The lowest BCUT2D eigenvalue weighted by Crippen LogP contribution is -2.25. The van der Waals surface area contributed by atoms with E-state index in [9.17, 15) is 0 Å². The lowest BCUT2D eigenvalue weighted by atomic mass is 9.76. The van der Waals surface area contributed by atoms with Gasteiger partial charge in [0, 0.05) is 51.0 Å². The van der Waals surface area contributed by atoms with Gasteiger partial charge in [-0.3, -0.25) is 4.98 Å².